The second-order valence-electron chi connectivity index (χ2n) is 3.75. The lowest BCUT2D eigenvalue weighted by atomic mass is 9.93. The number of hydrogen-bond donors (Lipinski definition) is 0. The molecule has 74 valence electrons. The first kappa shape index (κ1) is 10.8. The zero-order valence-electron chi connectivity index (χ0n) is 8.75. The van der Waals surface area contributed by atoms with Gasteiger partial charge in [0.2, 0.25) is 0 Å². The molecule has 1 atom stereocenters. The Labute approximate surface area is 86.0 Å². The van der Waals surface area contributed by atoms with E-state index in [4.69, 9.17) is 0 Å². The third kappa shape index (κ3) is 3.95. The van der Waals surface area contributed by atoms with Crippen LogP contribution in [0.15, 0.2) is 16.8 Å². The molecule has 13 heavy (non-hydrogen) atoms. The van der Waals surface area contributed by atoms with Crippen LogP contribution in [0.3, 0.4) is 0 Å². The lowest BCUT2D eigenvalue weighted by molar-refractivity contribution is 0.449. The van der Waals surface area contributed by atoms with E-state index in [0.717, 1.165) is 5.92 Å². The lowest BCUT2D eigenvalue weighted by Crippen LogP contribution is -2.02. The van der Waals surface area contributed by atoms with Crippen LogP contribution in [0.1, 0.15) is 45.1 Å². The molecule has 0 N–H and O–H groups in total. The summed E-state index contributed by atoms with van der Waals surface area (Å²) in [4.78, 5) is 0. The van der Waals surface area contributed by atoms with Gasteiger partial charge in [0.05, 0.1) is 0 Å². The maximum atomic E-state index is 2.31. The van der Waals surface area contributed by atoms with Gasteiger partial charge in [-0.2, -0.15) is 11.3 Å². The van der Waals surface area contributed by atoms with Crippen molar-refractivity contribution in [1.29, 1.82) is 0 Å². The van der Waals surface area contributed by atoms with Gasteiger partial charge >= 0.3 is 0 Å². The first-order valence-electron chi connectivity index (χ1n) is 5.37. The number of unbranched alkanes of at least 4 members (excludes halogenated alkanes) is 1. The Balaban J connectivity index is 2.31. The fourth-order valence-electron chi connectivity index (χ4n) is 1.69. The highest BCUT2D eigenvalue weighted by Gasteiger charge is 2.06. The van der Waals surface area contributed by atoms with Gasteiger partial charge in [0.25, 0.3) is 0 Å². The molecule has 1 rings (SSSR count). The normalized spacial score (nSPS) is 13.1. The minimum Gasteiger partial charge on any atom is -0.152 e. The van der Waals surface area contributed by atoms with Crippen molar-refractivity contribution in [2.45, 2.75) is 46.0 Å². The van der Waals surface area contributed by atoms with E-state index < -0.39 is 0 Å². The van der Waals surface area contributed by atoms with Crippen LogP contribution >= 0.6 is 11.3 Å². The summed E-state index contributed by atoms with van der Waals surface area (Å²) < 4.78 is 0. The van der Waals surface area contributed by atoms with Gasteiger partial charge in [-0.3, -0.25) is 0 Å². The van der Waals surface area contributed by atoms with Crippen LogP contribution in [0.2, 0.25) is 0 Å². The molecule has 0 aromatic carbocycles. The molecule has 0 saturated heterocycles. The molecule has 0 nitrogen and oxygen atoms in total. The summed E-state index contributed by atoms with van der Waals surface area (Å²) in [6.07, 6.45) is 6.75. The van der Waals surface area contributed by atoms with Crippen LogP contribution in [0, 0.1) is 5.92 Å². The van der Waals surface area contributed by atoms with E-state index in [9.17, 15) is 0 Å². The van der Waals surface area contributed by atoms with E-state index in [1.165, 1.54) is 37.7 Å². The maximum absolute atomic E-state index is 2.31. The zero-order chi connectivity index (χ0) is 9.52. The van der Waals surface area contributed by atoms with Gasteiger partial charge in [-0.1, -0.05) is 39.5 Å². The Morgan fingerprint density at radius 1 is 1.38 bits per heavy atom. The Hall–Kier alpha value is -0.300. The number of hydrogen-bond acceptors (Lipinski definition) is 1. The fourth-order valence-corrected chi connectivity index (χ4v) is 2.37. The van der Waals surface area contributed by atoms with Crippen molar-refractivity contribution >= 4 is 11.3 Å². The van der Waals surface area contributed by atoms with Gasteiger partial charge in [0.1, 0.15) is 0 Å². The molecule has 1 aromatic rings. The molecule has 0 spiro atoms. The maximum Gasteiger partial charge on any atom is -0.00612 e. The van der Waals surface area contributed by atoms with Gasteiger partial charge in [0, 0.05) is 0 Å². The highest BCUT2D eigenvalue weighted by atomic mass is 32.1. The topological polar surface area (TPSA) is 0 Å². The Bertz CT molecular complexity index is 201. The van der Waals surface area contributed by atoms with E-state index >= 15 is 0 Å². The van der Waals surface area contributed by atoms with E-state index in [0.29, 0.717) is 0 Å². The van der Waals surface area contributed by atoms with Gasteiger partial charge < -0.3 is 0 Å². The van der Waals surface area contributed by atoms with Crippen molar-refractivity contribution in [1.82, 2.24) is 0 Å². The largest absolute Gasteiger partial charge is 0.152 e. The van der Waals surface area contributed by atoms with Crippen LogP contribution < -0.4 is 0 Å². The predicted molar refractivity (Wildman–Crippen MR) is 61.3 cm³/mol. The second kappa shape index (κ2) is 6.20. The number of thiophene rings is 1. The second-order valence-corrected chi connectivity index (χ2v) is 4.53. The molecule has 0 bridgehead atoms. The number of rotatable bonds is 6. The van der Waals surface area contributed by atoms with Crippen molar-refractivity contribution in [3.8, 4) is 0 Å². The molecule has 0 fully saturated rings. The highest BCUT2D eigenvalue weighted by Crippen LogP contribution is 2.19. The average Bonchev–Trinajstić information content (AvgIpc) is 2.64. The summed E-state index contributed by atoms with van der Waals surface area (Å²) in [6.45, 7) is 4.59. The summed E-state index contributed by atoms with van der Waals surface area (Å²) >= 11 is 1.82. The quantitative estimate of drug-likeness (QED) is 0.628. The lowest BCUT2D eigenvalue weighted by Gasteiger charge is -2.12. The smallest absolute Gasteiger partial charge is 0.00612 e. The average molecular weight is 196 g/mol. The minimum atomic E-state index is 0.912. The van der Waals surface area contributed by atoms with E-state index in [-0.39, 0.29) is 0 Å². The summed E-state index contributed by atoms with van der Waals surface area (Å²) in [7, 11) is 0. The molecule has 0 aliphatic carbocycles. The fraction of sp³-hybridized carbons (Fsp3) is 0.667. The molecular formula is C12H20S. The summed E-state index contributed by atoms with van der Waals surface area (Å²) in [5.74, 6) is 0.912. The van der Waals surface area contributed by atoms with E-state index in [2.05, 4.69) is 30.7 Å². The van der Waals surface area contributed by atoms with Crippen LogP contribution in [-0.2, 0) is 6.42 Å². The standard InChI is InChI=1S/C12H20S/c1-3-5-6-11(4-2)9-12-7-8-13-10-12/h7-8,10-11H,3-6,9H2,1-2H3/t11-/m1/s1. The van der Waals surface area contributed by atoms with Gasteiger partial charge in [-0.15, -0.1) is 0 Å². The summed E-state index contributed by atoms with van der Waals surface area (Å²) in [5, 5.41) is 4.47. The molecule has 1 heteroatoms. The van der Waals surface area contributed by atoms with Crippen LogP contribution in [0.5, 0.6) is 0 Å². The Kier molecular flexibility index (Phi) is 5.14. The molecular weight excluding hydrogens is 176 g/mol. The van der Waals surface area contributed by atoms with Crippen LogP contribution in [0.4, 0.5) is 0 Å². The molecule has 0 radical (unpaired) electrons. The molecule has 1 heterocycles. The molecule has 0 aliphatic heterocycles. The summed E-state index contributed by atoms with van der Waals surface area (Å²) in [6, 6.07) is 2.26. The van der Waals surface area contributed by atoms with Crippen LogP contribution in [-0.4, -0.2) is 0 Å². The SMILES string of the molecule is CCCC[C@@H](CC)Cc1ccsc1. The van der Waals surface area contributed by atoms with Crippen LogP contribution in [0.25, 0.3) is 0 Å². The minimum absolute atomic E-state index is 0.912. The third-order valence-electron chi connectivity index (χ3n) is 2.65. The van der Waals surface area contributed by atoms with Gasteiger partial charge in [-0.05, 0) is 34.7 Å². The van der Waals surface area contributed by atoms with Crippen molar-refractivity contribution in [3.05, 3.63) is 22.4 Å². The van der Waals surface area contributed by atoms with Crippen molar-refractivity contribution in [3.63, 3.8) is 0 Å². The molecule has 0 aliphatic rings. The monoisotopic (exact) mass is 196 g/mol. The summed E-state index contributed by atoms with van der Waals surface area (Å²) in [5.41, 5.74) is 1.54. The van der Waals surface area contributed by atoms with Crippen molar-refractivity contribution in [2.75, 3.05) is 0 Å². The zero-order valence-corrected chi connectivity index (χ0v) is 9.57. The third-order valence-corrected chi connectivity index (χ3v) is 3.38. The first-order chi connectivity index (χ1) is 6.36. The predicted octanol–water partition coefficient (Wildman–Crippen LogP) is 4.51. The van der Waals surface area contributed by atoms with E-state index in [1.807, 2.05) is 11.3 Å². The molecule has 0 amide bonds. The van der Waals surface area contributed by atoms with Gasteiger partial charge in [-0.25, -0.2) is 0 Å². The Morgan fingerprint density at radius 3 is 2.77 bits per heavy atom. The molecule has 0 saturated carbocycles. The molecule has 1 aromatic heterocycles. The highest BCUT2D eigenvalue weighted by molar-refractivity contribution is 7.07. The van der Waals surface area contributed by atoms with Crippen molar-refractivity contribution in [2.24, 2.45) is 5.92 Å². The van der Waals surface area contributed by atoms with Gasteiger partial charge in [0.15, 0.2) is 0 Å². The first-order valence-corrected chi connectivity index (χ1v) is 6.32. The molecule has 0 unspecified atom stereocenters. The van der Waals surface area contributed by atoms with Crippen molar-refractivity contribution < 1.29 is 0 Å². The van der Waals surface area contributed by atoms with E-state index in [1.54, 1.807) is 0 Å². The Morgan fingerprint density at radius 2 is 2.23 bits per heavy atom.